The number of likely N-dealkylation sites (tertiary alicyclic amines) is 1. The molecular formula is C27H30N2O6. The fraction of sp³-hybridized carbons (Fsp3) is 0.444. The van der Waals surface area contributed by atoms with Gasteiger partial charge in [0.05, 0.1) is 12.0 Å². The number of carbonyl (C=O) groups is 3. The molecule has 3 aliphatic rings. The van der Waals surface area contributed by atoms with Crippen molar-refractivity contribution in [3.63, 3.8) is 0 Å². The average molecular weight is 479 g/mol. The van der Waals surface area contributed by atoms with Crippen LogP contribution in [0.3, 0.4) is 0 Å². The first-order valence-electron chi connectivity index (χ1n) is 12.2. The van der Waals surface area contributed by atoms with Gasteiger partial charge in [0.2, 0.25) is 5.91 Å². The van der Waals surface area contributed by atoms with E-state index in [0.29, 0.717) is 32.6 Å². The highest BCUT2D eigenvalue weighted by Gasteiger charge is 2.55. The van der Waals surface area contributed by atoms with Crippen LogP contribution in [-0.2, 0) is 19.1 Å². The molecule has 0 spiro atoms. The zero-order valence-corrected chi connectivity index (χ0v) is 19.7. The van der Waals surface area contributed by atoms with Crippen molar-refractivity contribution in [3.8, 4) is 11.1 Å². The molecule has 35 heavy (non-hydrogen) atoms. The number of alkyl carbamates (subject to hydrolysis) is 1. The largest absolute Gasteiger partial charge is 0.481 e. The summed E-state index contributed by atoms with van der Waals surface area (Å²) in [6.45, 7) is 3.13. The van der Waals surface area contributed by atoms with Gasteiger partial charge in [-0.25, -0.2) is 4.79 Å². The van der Waals surface area contributed by atoms with Gasteiger partial charge in [-0.3, -0.25) is 9.59 Å². The smallest absolute Gasteiger partial charge is 0.407 e. The summed E-state index contributed by atoms with van der Waals surface area (Å²) in [5.41, 5.74) is 3.54. The minimum Gasteiger partial charge on any atom is -0.481 e. The van der Waals surface area contributed by atoms with E-state index in [1.54, 1.807) is 4.90 Å². The Morgan fingerprint density at radius 3 is 2.40 bits per heavy atom. The third-order valence-corrected chi connectivity index (χ3v) is 7.79. The number of ether oxygens (including phenoxy) is 2. The Balaban J connectivity index is 1.23. The minimum absolute atomic E-state index is 0.0685. The highest BCUT2D eigenvalue weighted by molar-refractivity contribution is 5.87. The van der Waals surface area contributed by atoms with Gasteiger partial charge >= 0.3 is 12.1 Å². The lowest BCUT2D eigenvalue weighted by molar-refractivity contribution is -0.157. The van der Waals surface area contributed by atoms with Crippen LogP contribution in [-0.4, -0.2) is 66.9 Å². The van der Waals surface area contributed by atoms with E-state index in [0.717, 1.165) is 22.3 Å². The summed E-state index contributed by atoms with van der Waals surface area (Å²) >= 11 is 0. The molecule has 2 aromatic rings. The number of nitrogens with one attached hydrogen (secondary N) is 1. The average Bonchev–Trinajstić information content (AvgIpc) is 3.43. The molecule has 2 N–H and O–H groups in total. The van der Waals surface area contributed by atoms with Crippen LogP contribution in [0.5, 0.6) is 0 Å². The fourth-order valence-electron chi connectivity index (χ4n) is 5.81. The molecule has 8 heteroatoms. The van der Waals surface area contributed by atoms with E-state index in [-0.39, 0.29) is 30.9 Å². The van der Waals surface area contributed by atoms with Gasteiger partial charge in [-0.1, -0.05) is 55.5 Å². The van der Waals surface area contributed by atoms with Crippen molar-refractivity contribution in [2.45, 2.75) is 31.7 Å². The second-order valence-corrected chi connectivity index (χ2v) is 9.63. The lowest BCUT2D eigenvalue weighted by atomic mass is 9.74. The van der Waals surface area contributed by atoms with Crippen molar-refractivity contribution in [3.05, 3.63) is 59.7 Å². The molecule has 5 rings (SSSR count). The number of fused-ring (bicyclic) bond motifs is 4. The number of rotatable bonds is 6. The van der Waals surface area contributed by atoms with Crippen molar-refractivity contribution in [1.82, 2.24) is 10.2 Å². The first-order chi connectivity index (χ1) is 16.9. The summed E-state index contributed by atoms with van der Waals surface area (Å²) in [7, 11) is 0. The number of amides is 2. The van der Waals surface area contributed by atoms with Gasteiger partial charge in [0.15, 0.2) is 0 Å². The molecule has 0 radical (unpaired) electrons. The second kappa shape index (κ2) is 9.34. The predicted octanol–water partition coefficient (Wildman–Crippen LogP) is 3.25. The van der Waals surface area contributed by atoms with Gasteiger partial charge < -0.3 is 24.8 Å². The number of carbonyl (C=O) groups excluding carboxylic acids is 2. The first kappa shape index (κ1) is 23.4. The maximum Gasteiger partial charge on any atom is 0.407 e. The van der Waals surface area contributed by atoms with Crippen LogP contribution in [0.15, 0.2) is 48.5 Å². The molecule has 2 amide bonds. The Hall–Kier alpha value is -3.39. The van der Waals surface area contributed by atoms with Crippen molar-refractivity contribution < 1.29 is 29.0 Å². The Labute approximate surface area is 204 Å². The highest BCUT2D eigenvalue weighted by atomic mass is 16.5. The summed E-state index contributed by atoms with van der Waals surface area (Å²) in [5, 5.41) is 12.6. The van der Waals surface area contributed by atoms with E-state index in [1.165, 1.54) is 0 Å². The first-order valence-corrected chi connectivity index (χ1v) is 12.2. The van der Waals surface area contributed by atoms with E-state index >= 15 is 0 Å². The van der Waals surface area contributed by atoms with Crippen LogP contribution >= 0.6 is 0 Å². The van der Waals surface area contributed by atoms with E-state index in [4.69, 9.17) is 9.47 Å². The quantitative estimate of drug-likeness (QED) is 0.660. The van der Waals surface area contributed by atoms with Gasteiger partial charge in [-0.15, -0.1) is 0 Å². The molecule has 8 nitrogen and oxygen atoms in total. The molecule has 184 valence electrons. The molecule has 2 fully saturated rings. The summed E-state index contributed by atoms with van der Waals surface area (Å²) < 4.78 is 11.1. The van der Waals surface area contributed by atoms with Crippen LogP contribution in [0.25, 0.3) is 11.1 Å². The van der Waals surface area contributed by atoms with Crippen LogP contribution in [0, 0.1) is 11.3 Å². The van der Waals surface area contributed by atoms with E-state index in [2.05, 4.69) is 29.6 Å². The van der Waals surface area contributed by atoms with Gasteiger partial charge in [0.1, 0.15) is 12.6 Å². The molecule has 2 heterocycles. The Kier molecular flexibility index (Phi) is 6.23. The number of nitrogens with zero attached hydrogens (tertiary/aromatic N) is 1. The number of hydrogen-bond donors (Lipinski definition) is 2. The molecule has 0 saturated carbocycles. The Morgan fingerprint density at radius 2 is 1.80 bits per heavy atom. The SMILES string of the molecule is CCC(NC(=O)OCC1c2ccccc2-c2ccccc21)C(=O)N1C[C@H]2COCC[C@@]2(C(=O)O)C1. The molecule has 2 saturated heterocycles. The van der Waals surface area contributed by atoms with E-state index in [9.17, 15) is 19.5 Å². The maximum absolute atomic E-state index is 13.2. The summed E-state index contributed by atoms with van der Waals surface area (Å²) in [6, 6.07) is 15.4. The number of carboxylic acid groups (broad SMARTS) is 1. The van der Waals surface area contributed by atoms with Crippen molar-refractivity contribution >= 4 is 18.0 Å². The molecule has 1 unspecified atom stereocenters. The second-order valence-electron chi connectivity index (χ2n) is 9.63. The summed E-state index contributed by atoms with van der Waals surface area (Å²) in [5.74, 6) is -1.49. The molecule has 3 atom stereocenters. The number of benzene rings is 2. The third kappa shape index (κ3) is 4.05. The zero-order chi connectivity index (χ0) is 24.6. The molecule has 0 bridgehead atoms. The van der Waals surface area contributed by atoms with Gasteiger partial charge in [-0.2, -0.15) is 0 Å². The van der Waals surface area contributed by atoms with Crippen LogP contribution in [0.2, 0.25) is 0 Å². The zero-order valence-electron chi connectivity index (χ0n) is 19.7. The van der Waals surface area contributed by atoms with Crippen LogP contribution in [0.4, 0.5) is 4.79 Å². The third-order valence-electron chi connectivity index (χ3n) is 7.79. The van der Waals surface area contributed by atoms with Crippen molar-refractivity contribution in [2.75, 3.05) is 32.9 Å². The van der Waals surface area contributed by atoms with E-state index < -0.39 is 23.5 Å². The lowest BCUT2D eigenvalue weighted by Crippen LogP contribution is -2.49. The molecule has 1 aliphatic carbocycles. The Bertz CT molecular complexity index is 1100. The summed E-state index contributed by atoms with van der Waals surface area (Å²) in [6.07, 6.45) is 0.105. The van der Waals surface area contributed by atoms with E-state index in [1.807, 2.05) is 31.2 Å². The molecular weight excluding hydrogens is 448 g/mol. The number of hydrogen-bond acceptors (Lipinski definition) is 5. The maximum atomic E-state index is 13.2. The molecule has 2 aromatic carbocycles. The predicted molar refractivity (Wildman–Crippen MR) is 128 cm³/mol. The highest BCUT2D eigenvalue weighted by Crippen LogP contribution is 2.45. The minimum atomic E-state index is -0.976. The van der Waals surface area contributed by atoms with Gasteiger partial charge in [0.25, 0.3) is 0 Å². The van der Waals surface area contributed by atoms with Crippen molar-refractivity contribution in [2.24, 2.45) is 11.3 Å². The van der Waals surface area contributed by atoms with Gasteiger partial charge in [-0.05, 0) is 35.1 Å². The van der Waals surface area contributed by atoms with Crippen molar-refractivity contribution in [1.29, 1.82) is 0 Å². The van der Waals surface area contributed by atoms with Crippen LogP contribution < -0.4 is 5.32 Å². The number of carboxylic acids is 1. The monoisotopic (exact) mass is 478 g/mol. The standard InChI is InChI=1S/C27H30N2O6/c1-2-23(24(30)29-13-17-14-34-12-11-27(17,16-29)25(31)32)28-26(33)35-15-22-20-9-5-3-7-18(20)19-8-4-6-10-21(19)22/h3-10,17,22-23H,2,11-16H2,1H3,(H,28,33)(H,31,32)/t17-,23?,27+/m0/s1. The summed E-state index contributed by atoms with van der Waals surface area (Å²) in [4.78, 5) is 39.6. The molecule has 0 aromatic heterocycles. The fourth-order valence-corrected chi connectivity index (χ4v) is 5.81. The Morgan fingerprint density at radius 1 is 1.14 bits per heavy atom. The van der Waals surface area contributed by atoms with Gasteiger partial charge in [0, 0.05) is 31.5 Å². The normalized spacial score (nSPS) is 23.7. The van der Waals surface area contributed by atoms with Crippen LogP contribution in [0.1, 0.15) is 36.8 Å². The lowest BCUT2D eigenvalue weighted by Gasteiger charge is -2.33. The topological polar surface area (TPSA) is 105 Å². The number of aliphatic carboxylic acids is 1. The molecule has 2 aliphatic heterocycles.